The topological polar surface area (TPSA) is 63.7 Å². The van der Waals surface area contributed by atoms with Crippen LogP contribution in [0.2, 0.25) is 0 Å². The molecule has 0 bridgehead atoms. The van der Waals surface area contributed by atoms with Crippen LogP contribution in [-0.4, -0.2) is 17.8 Å². The van der Waals surface area contributed by atoms with Crippen molar-refractivity contribution in [3.05, 3.63) is 24.3 Å². The van der Waals surface area contributed by atoms with Crippen LogP contribution in [0.25, 0.3) is 0 Å². The van der Waals surface area contributed by atoms with Crippen molar-refractivity contribution < 1.29 is 19.1 Å². The van der Waals surface area contributed by atoms with Crippen LogP contribution in [0.15, 0.2) is 24.3 Å². The Morgan fingerprint density at radius 2 is 1.72 bits per heavy atom. The zero-order valence-corrected chi connectivity index (χ0v) is 14.7. The number of ether oxygens (including phenoxy) is 1. The third-order valence-corrected chi connectivity index (χ3v) is 5.16. The van der Waals surface area contributed by atoms with Gasteiger partial charge in [0.15, 0.2) is 5.75 Å². The van der Waals surface area contributed by atoms with E-state index < -0.39 is 0 Å². The Labute approximate surface area is 148 Å². The number of carbonyl (C=O) groups is 3. The van der Waals surface area contributed by atoms with E-state index in [-0.39, 0.29) is 29.6 Å². The molecule has 0 radical (unpaired) electrons. The first-order valence-electron chi connectivity index (χ1n) is 9.31. The zero-order chi connectivity index (χ0) is 17.8. The Hall–Kier alpha value is -2.17. The Kier molecular flexibility index (Phi) is 5.51. The second-order valence-corrected chi connectivity index (χ2v) is 6.91. The van der Waals surface area contributed by atoms with E-state index in [0.717, 1.165) is 44.9 Å². The number of rotatable bonds is 6. The number of esters is 1. The summed E-state index contributed by atoms with van der Waals surface area (Å²) < 4.78 is 5.47. The summed E-state index contributed by atoms with van der Waals surface area (Å²) in [6, 6.07) is 6.83. The third-order valence-electron chi connectivity index (χ3n) is 5.16. The molecule has 1 heterocycles. The summed E-state index contributed by atoms with van der Waals surface area (Å²) >= 11 is 0. The molecule has 1 saturated carbocycles. The van der Waals surface area contributed by atoms with Crippen molar-refractivity contribution in [2.45, 2.75) is 58.3 Å². The lowest BCUT2D eigenvalue weighted by molar-refractivity contribution is -0.134. The normalized spacial score (nSPS) is 22.8. The first kappa shape index (κ1) is 17.6. The van der Waals surface area contributed by atoms with E-state index in [2.05, 4.69) is 6.92 Å². The number of nitrogens with zero attached hydrogens (tertiary/aromatic N) is 1. The minimum Gasteiger partial charge on any atom is -0.424 e. The molecule has 2 fully saturated rings. The molecular formula is C20H25NO4. The van der Waals surface area contributed by atoms with E-state index in [1.807, 2.05) is 0 Å². The predicted molar refractivity (Wildman–Crippen MR) is 94.2 cm³/mol. The number of anilines is 1. The van der Waals surface area contributed by atoms with E-state index in [9.17, 15) is 14.4 Å². The van der Waals surface area contributed by atoms with E-state index in [1.165, 1.54) is 4.90 Å². The highest BCUT2D eigenvalue weighted by Gasteiger charge is 2.49. The van der Waals surface area contributed by atoms with Gasteiger partial charge in [-0.05, 0) is 31.4 Å². The van der Waals surface area contributed by atoms with Crippen molar-refractivity contribution in [1.82, 2.24) is 0 Å². The highest BCUT2D eigenvalue weighted by Crippen LogP contribution is 2.42. The largest absolute Gasteiger partial charge is 0.424 e. The van der Waals surface area contributed by atoms with Crippen LogP contribution in [-0.2, 0) is 14.4 Å². The number of fused-ring (bicyclic) bond motifs is 1. The van der Waals surface area contributed by atoms with Gasteiger partial charge in [-0.3, -0.25) is 14.4 Å². The van der Waals surface area contributed by atoms with Crippen LogP contribution in [0.5, 0.6) is 5.75 Å². The minimum atomic E-state index is -0.322. The number of hydrogen-bond donors (Lipinski definition) is 0. The van der Waals surface area contributed by atoms with Gasteiger partial charge in [-0.2, -0.15) is 0 Å². The van der Waals surface area contributed by atoms with Gasteiger partial charge in [0.25, 0.3) is 0 Å². The molecule has 5 nitrogen and oxygen atoms in total. The molecule has 3 rings (SSSR count). The molecule has 1 aliphatic heterocycles. The van der Waals surface area contributed by atoms with Gasteiger partial charge in [0.05, 0.1) is 17.5 Å². The summed E-state index contributed by atoms with van der Waals surface area (Å²) in [7, 11) is 0. The van der Waals surface area contributed by atoms with Crippen LogP contribution in [0, 0.1) is 11.8 Å². The van der Waals surface area contributed by atoms with Gasteiger partial charge >= 0.3 is 5.97 Å². The first-order chi connectivity index (χ1) is 12.1. The number of benzene rings is 1. The average molecular weight is 343 g/mol. The van der Waals surface area contributed by atoms with Gasteiger partial charge in [-0.1, -0.05) is 44.7 Å². The van der Waals surface area contributed by atoms with Crippen LogP contribution < -0.4 is 9.64 Å². The molecule has 134 valence electrons. The van der Waals surface area contributed by atoms with Crippen molar-refractivity contribution in [3.8, 4) is 5.75 Å². The molecule has 2 aliphatic rings. The Balaban J connectivity index is 1.79. The molecule has 1 aromatic carbocycles. The Morgan fingerprint density at radius 3 is 2.36 bits per heavy atom. The standard InChI is InChI=1S/C20H25NO4/c1-2-3-4-13-18(22)25-17-12-8-7-11-16(17)21-19(23)14-9-5-6-10-15(14)20(21)24/h7-8,11-12,14-15H,2-6,9-10,13H2,1H3/t14-,15+. The van der Waals surface area contributed by atoms with Crippen LogP contribution in [0.3, 0.4) is 0 Å². The monoisotopic (exact) mass is 343 g/mol. The number of carbonyl (C=O) groups excluding carboxylic acids is 3. The molecule has 0 N–H and O–H groups in total. The molecule has 1 saturated heterocycles. The fourth-order valence-corrected chi connectivity index (χ4v) is 3.82. The molecular weight excluding hydrogens is 318 g/mol. The maximum atomic E-state index is 12.8. The van der Waals surface area contributed by atoms with Gasteiger partial charge in [0, 0.05) is 6.42 Å². The van der Waals surface area contributed by atoms with Crippen molar-refractivity contribution in [2.24, 2.45) is 11.8 Å². The minimum absolute atomic E-state index is 0.149. The van der Waals surface area contributed by atoms with Crippen LogP contribution in [0.4, 0.5) is 5.69 Å². The highest BCUT2D eigenvalue weighted by atomic mass is 16.5. The van der Waals surface area contributed by atoms with E-state index >= 15 is 0 Å². The van der Waals surface area contributed by atoms with E-state index in [1.54, 1.807) is 24.3 Å². The van der Waals surface area contributed by atoms with Crippen molar-refractivity contribution >= 4 is 23.5 Å². The van der Waals surface area contributed by atoms with E-state index in [4.69, 9.17) is 4.74 Å². The van der Waals surface area contributed by atoms with Crippen LogP contribution in [0.1, 0.15) is 58.3 Å². The number of amides is 2. The second kappa shape index (κ2) is 7.81. The summed E-state index contributed by atoms with van der Waals surface area (Å²) in [5, 5.41) is 0. The molecule has 5 heteroatoms. The summed E-state index contributed by atoms with van der Waals surface area (Å²) in [6.07, 6.45) is 6.64. The lowest BCUT2D eigenvalue weighted by Gasteiger charge is -2.19. The average Bonchev–Trinajstić information content (AvgIpc) is 2.87. The Morgan fingerprint density at radius 1 is 1.08 bits per heavy atom. The molecule has 1 aromatic rings. The zero-order valence-electron chi connectivity index (χ0n) is 14.7. The SMILES string of the molecule is CCCCCC(=O)Oc1ccccc1N1C(=O)[C@H]2CCCC[C@H]2C1=O. The summed E-state index contributed by atoms with van der Waals surface area (Å²) in [5.41, 5.74) is 0.399. The predicted octanol–water partition coefficient (Wildman–Crippen LogP) is 3.85. The molecule has 1 aliphatic carbocycles. The number of imide groups is 1. The fourth-order valence-electron chi connectivity index (χ4n) is 3.82. The number of para-hydroxylation sites is 2. The number of hydrogen-bond acceptors (Lipinski definition) is 4. The van der Waals surface area contributed by atoms with Gasteiger partial charge in [-0.15, -0.1) is 0 Å². The maximum absolute atomic E-state index is 12.8. The van der Waals surface area contributed by atoms with Crippen LogP contribution >= 0.6 is 0 Å². The Bertz CT molecular complexity index is 645. The molecule has 25 heavy (non-hydrogen) atoms. The summed E-state index contributed by atoms with van der Waals surface area (Å²) in [6.45, 7) is 2.07. The smallest absolute Gasteiger partial charge is 0.311 e. The number of unbranched alkanes of at least 4 members (excludes halogenated alkanes) is 2. The molecule has 2 amide bonds. The summed E-state index contributed by atoms with van der Waals surface area (Å²) in [4.78, 5) is 38.8. The molecule has 2 atom stereocenters. The van der Waals surface area contributed by atoms with Crippen molar-refractivity contribution in [1.29, 1.82) is 0 Å². The fraction of sp³-hybridized carbons (Fsp3) is 0.550. The molecule has 0 aromatic heterocycles. The van der Waals surface area contributed by atoms with Gasteiger partial charge < -0.3 is 4.74 Å². The molecule has 0 spiro atoms. The highest BCUT2D eigenvalue weighted by molar-refractivity contribution is 6.22. The first-order valence-corrected chi connectivity index (χ1v) is 9.31. The van der Waals surface area contributed by atoms with Gasteiger partial charge in [-0.25, -0.2) is 4.90 Å². The second-order valence-electron chi connectivity index (χ2n) is 6.91. The van der Waals surface area contributed by atoms with E-state index in [0.29, 0.717) is 17.9 Å². The third kappa shape index (κ3) is 3.60. The lowest BCUT2D eigenvalue weighted by Crippen LogP contribution is -2.31. The maximum Gasteiger partial charge on any atom is 0.311 e. The lowest BCUT2D eigenvalue weighted by atomic mass is 9.81. The van der Waals surface area contributed by atoms with Crippen molar-refractivity contribution in [3.63, 3.8) is 0 Å². The van der Waals surface area contributed by atoms with Gasteiger partial charge in [0.2, 0.25) is 11.8 Å². The van der Waals surface area contributed by atoms with Gasteiger partial charge in [0.1, 0.15) is 0 Å². The van der Waals surface area contributed by atoms with Crippen molar-refractivity contribution in [2.75, 3.05) is 4.90 Å². The molecule has 0 unspecified atom stereocenters. The quantitative estimate of drug-likeness (QED) is 0.341. The summed E-state index contributed by atoms with van der Waals surface area (Å²) in [5.74, 6) is -0.751.